The molecule has 1 N–H and O–H groups in total. The van der Waals surface area contributed by atoms with E-state index in [4.69, 9.17) is 0 Å². The summed E-state index contributed by atoms with van der Waals surface area (Å²) in [5.41, 5.74) is 12.0. The molecule has 0 unspecified atom stereocenters. The molecule has 0 fully saturated rings. The van der Waals surface area contributed by atoms with Gasteiger partial charge in [0.25, 0.3) is 0 Å². The van der Waals surface area contributed by atoms with Crippen molar-refractivity contribution < 1.29 is 0 Å². The average molecular weight is 654 g/mol. The minimum atomic E-state index is 0.990. The number of fused-ring (bicyclic) bond motifs is 6. The van der Waals surface area contributed by atoms with Crippen LogP contribution in [-0.4, -0.2) is 16.2 Å². The van der Waals surface area contributed by atoms with E-state index >= 15 is 0 Å². The summed E-state index contributed by atoms with van der Waals surface area (Å²) in [6.07, 6.45) is 8.16. The van der Waals surface area contributed by atoms with Crippen molar-refractivity contribution in [2.24, 2.45) is 0 Å². The Bertz CT molecular complexity index is 2400. The van der Waals surface area contributed by atoms with E-state index in [0.717, 1.165) is 17.8 Å². The van der Waals surface area contributed by atoms with Crippen LogP contribution in [0.3, 0.4) is 0 Å². The number of benzene rings is 6. The maximum atomic E-state index is 3.45. The number of hydrogen-bond donors (Lipinski definition) is 1. The van der Waals surface area contributed by atoms with E-state index in [1.165, 1.54) is 78.8 Å². The molecule has 2 heterocycles. The van der Waals surface area contributed by atoms with Crippen molar-refractivity contribution in [3.63, 3.8) is 0 Å². The van der Waals surface area contributed by atoms with Crippen molar-refractivity contribution in [1.29, 1.82) is 0 Å². The third-order valence-electron chi connectivity index (χ3n) is 9.30. The zero-order valence-electron chi connectivity index (χ0n) is 29.8. The highest BCUT2D eigenvalue weighted by atomic mass is 15.0. The van der Waals surface area contributed by atoms with Gasteiger partial charge in [-0.1, -0.05) is 125 Å². The molecule has 8 aromatic rings. The van der Waals surface area contributed by atoms with E-state index < -0.39 is 0 Å². The maximum absolute atomic E-state index is 3.45. The normalized spacial score (nSPS) is 11.1. The number of aromatic nitrogens is 2. The minimum absolute atomic E-state index is 0.990. The van der Waals surface area contributed by atoms with Gasteiger partial charge in [0.2, 0.25) is 0 Å². The summed E-state index contributed by atoms with van der Waals surface area (Å²) in [4.78, 5) is 0. The summed E-state index contributed by atoms with van der Waals surface area (Å²) in [6, 6.07) is 48.4. The first-order valence-electron chi connectivity index (χ1n) is 17.8. The van der Waals surface area contributed by atoms with Crippen LogP contribution < -0.4 is 5.32 Å². The van der Waals surface area contributed by atoms with Gasteiger partial charge in [-0.25, -0.2) is 0 Å². The van der Waals surface area contributed by atoms with Crippen LogP contribution in [-0.2, 0) is 0 Å². The zero-order chi connectivity index (χ0) is 35.0. The molecular formula is C47H47N3. The molecule has 6 aromatic carbocycles. The van der Waals surface area contributed by atoms with E-state index in [9.17, 15) is 0 Å². The summed E-state index contributed by atoms with van der Waals surface area (Å²) in [6.45, 7) is 12.5. The molecule has 0 atom stereocenters. The molecule has 0 saturated heterocycles. The monoisotopic (exact) mass is 653 g/mol. The fourth-order valence-corrected chi connectivity index (χ4v) is 6.90. The van der Waals surface area contributed by atoms with Crippen molar-refractivity contribution in [3.8, 4) is 22.5 Å². The summed E-state index contributed by atoms with van der Waals surface area (Å²) in [5, 5.41) is 8.47. The Hall–Kier alpha value is -5.80. The Morgan fingerprint density at radius 2 is 1.14 bits per heavy atom. The molecule has 0 radical (unpaired) electrons. The Labute approximate surface area is 296 Å². The fraction of sp³-hybridized carbons (Fsp3) is 0.149. The van der Waals surface area contributed by atoms with E-state index in [-0.39, 0.29) is 0 Å². The number of hydrogen-bond acceptors (Lipinski definition) is 1. The Balaban J connectivity index is 0.000000675. The molecule has 0 aliphatic carbocycles. The van der Waals surface area contributed by atoms with Gasteiger partial charge >= 0.3 is 0 Å². The predicted molar refractivity (Wildman–Crippen MR) is 221 cm³/mol. The highest BCUT2D eigenvalue weighted by Gasteiger charge is 2.21. The van der Waals surface area contributed by atoms with Gasteiger partial charge in [-0.05, 0) is 66.6 Å². The molecule has 0 aliphatic rings. The number of nitrogens with zero attached hydrogens (tertiary/aromatic N) is 2. The maximum Gasteiger partial charge on any atom is 0.0547 e. The van der Waals surface area contributed by atoms with Gasteiger partial charge in [-0.15, -0.1) is 13.2 Å². The lowest BCUT2D eigenvalue weighted by atomic mass is 9.92. The van der Waals surface area contributed by atoms with Crippen LogP contribution in [0.5, 0.6) is 0 Å². The fourth-order valence-electron chi connectivity index (χ4n) is 6.90. The van der Waals surface area contributed by atoms with Gasteiger partial charge in [0, 0.05) is 56.8 Å². The Kier molecular flexibility index (Phi) is 10.6. The minimum Gasteiger partial charge on any atom is -0.388 e. The quantitative estimate of drug-likeness (QED) is 0.170. The SMILES string of the molecule is C=C.CC/C=C\c1ccc2c(c1-c1ccccc1NC)c1ccccc1n2-c1ccc2c(c1)c1ccccc1n2-c1ccccc1.CCCC. The van der Waals surface area contributed by atoms with Crippen molar-refractivity contribution in [1.82, 2.24) is 9.13 Å². The van der Waals surface area contributed by atoms with Gasteiger partial charge in [0.15, 0.2) is 0 Å². The van der Waals surface area contributed by atoms with Gasteiger partial charge in [-0.2, -0.15) is 0 Å². The molecule has 2 aromatic heterocycles. The first kappa shape index (κ1) is 34.1. The molecule has 0 amide bonds. The number of nitrogens with one attached hydrogen (secondary N) is 1. The number of unbranched alkanes of at least 4 members (excludes halogenated alkanes) is 1. The van der Waals surface area contributed by atoms with Crippen LogP contribution in [0.15, 0.2) is 153 Å². The summed E-state index contributed by atoms with van der Waals surface area (Å²) < 4.78 is 4.82. The van der Waals surface area contributed by atoms with E-state index in [1.807, 2.05) is 7.05 Å². The van der Waals surface area contributed by atoms with Gasteiger partial charge in [0.05, 0.1) is 22.1 Å². The lowest BCUT2D eigenvalue weighted by molar-refractivity contribution is 0.886. The summed E-state index contributed by atoms with van der Waals surface area (Å²) >= 11 is 0. The highest BCUT2D eigenvalue weighted by molar-refractivity contribution is 6.18. The van der Waals surface area contributed by atoms with Crippen LogP contribution >= 0.6 is 0 Å². The molecule has 3 nitrogen and oxygen atoms in total. The number of rotatable bonds is 7. The van der Waals surface area contributed by atoms with Gasteiger partial charge < -0.3 is 14.5 Å². The first-order valence-corrected chi connectivity index (χ1v) is 17.8. The second kappa shape index (κ2) is 15.6. The first-order chi connectivity index (χ1) is 24.7. The number of allylic oxidation sites excluding steroid dienone is 1. The lowest BCUT2D eigenvalue weighted by Crippen LogP contribution is -1.96. The van der Waals surface area contributed by atoms with Crippen LogP contribution in [0.2, 0.25) is 0 Å². The van der Waals surface area contributed by atoms with Crippen LogP contribution in [0.25, 0.3) is 72.2 Å². The topological polar surface area (TPSA) is 21.9 Å². The van der Waals surface area contributed by atoms with Crippen LogP contribution in [0.1, 0.15) is 45.6 Å². The summed E-state index contributed by atoms with van der Waals surface area (Å²) in [5.74, 6) is 0. The second-order valence-corrected chi connectivity index (χ2v) is 12.3. The lowest BCUT2D eigenvalue weighted by Gasteiger charge is -2.15. The molecule has 50 heavy (non-hydrogen) atoms. The predicted octanol–water partition coefficient (Wildman–Crippen LogP) is 13.6. The number of anilines is 1. The van der Waals surface area contributed by atoms with Crippen molar-refractivity contribution in [2.75, 3.05) is 12.4 Å². The standard InChI is InChI=1S/C41H33N3.C4H10.C2H4/c1-3-4-14-28-23-25-39-41(40(28)32-18-8-11-20-35(32)42-2)33-19-10-13-22-37(33)44(39)30-24-26-38-34(27-30)31-17-9-12-21-36(31)43(38)29-15-6-5-7-16-29;1-3-4-2;1-2/h4-27,42H,3H2,1-2H3;3-4H2,1-2H3;1-2H2/b14-4-;;. The zero-order valence-corrected chi connectivity index (χ0v) is 29.8. The van der Waals surface area contributed by atoms with E-state index in [1.54, 1.807) is 0 Å². The third-order valence-corrected chi connectivity index (χ3v) is 9.30. The Morgan fingerprint density at radius 1 is 0.560 bits per heavy atom. The molecule has 3 heteroatoms. The van der Waals surface area contributed by atoms with Gasteiger partial charge in [0.1, 0.15) is 0 Å². The second-order valence-electron chi connectivity index (χ2n) is 12.3. The van der Waals surface area contributed by atoms with Crippen LogP contribution in [0.4, 0.5) is 5.69 Å². The van der Waals surface area contributed by atoms with Crippen molar-refractivity contribution in [3.05, 3.63) is 158 Å². The van der Waals surface area contributed by atoms with Gasteiger partial charge in [-0.3, -0.25) is 0 Å². The smallest absolute Gasteiger partial charge is 0.0547 e. The summed E-state index contributed by atoms with van der Waals surface area (Å²) in [7, 11) is 2.00. The average Bonchev–Trinajstić information content (AvgIpc) is 3.70. The third kappa shape index (κ3) is 6.12. The van der Waals surface area contributed by atoms with E-state index in [2.05, 4.69) is 194 Å². The highest BCUT2D eigenvalue weighted by Crippen LogP contribution is 2.44. The molecule has 0 aliphatic heterocycles. The largest absolute Gasteiger partial charge is 0.388 e. The molecule has 8 rings (SSSR count). The van der Waals surface area contributed by atoms with Crippen molar-refractivity contribution >= 4 is 55.4 Å². The Morgan fingerprint density at radius 3 is 1.84 bits per heavy atom. The molecule has 0 saturated carbocycles. The van der Waals surface area contributed by atoms with Crippen molar-refractivity contribution in [2.45, 2.75) is 40.0 Å². The van der Waals surface area contributed by atoms with Crippen LogP contribution in [0, 0.1) is 0 Å². The molecule has 0 bridgehead atoms. The molecular weight excluding hydrogens is 607 g/mol. The molecule has 250 valence electrons. The van der Waals surface area contributed by atoms with E-state index in [0.29, 0.717) is 0 Å². The number of para-hydroxylation sites is 4. The molecule has 0 spiro atoms.